The highest BCUT2D eigenvalue weighted by Crippen LogP contribution is 2.18. The van der Waals surface area contributed by atoms with Crippen LogP contribution >= 0.6 is 0 Å². The average Bonchev–Trinajstić information content (AvgIpc) is 3.25. The zero-order valence-electron chi connectivity index (χ0n) is 16.0. The third-order valence-corrected chi connectivity index (χ3v) is 5.11. The van der Waals surface area contributed by atoms with Gasteiger partial charge in [0.2, 0.25) is 5.91 Å². The SMILES string of the molecule is CC(=O)N1CCN(C(=O)c2ccc(C)o2)CC(Cc2cn3ccnc3cn2)C1. The molecule has 3 aromatic heterocycles. The van der Waals surface area contributed by atoms with Crippen LogP contribution in [0.5, 0.6) is 0 Å². The Labute approximate surface area is 162 Å². The van der Waals surface area contributed by atoms with Crippen LogP contribution in [0.4, 0.5) is 0 Å². The predicted octanol–water partition coefficient (Wildman–Crippen LogP) is 1.79. The summed E-state index contributed by atoms with van der Waals surface area (Å²) in [5.41, 5.74) is 1.70. The van der Waals surface area contributed by atoms with Crippen molar-refractivity contribution in [1.29, 1.82) is 0 Å². The van der Waals surface area contributed by atoms with Crippen molar-refractivity contribution < 1.29 is 14.0 Å². The first-order valence-corrected chi connectivity index (χ1v) is 9.38. The third kappa shape index (κ3) is 3.76. The minimum Gasteiger partial charge on any atom is -0.456 e. The van der Waals surface area contributed by atoms with Crippen LogP contribution in [-0.2, 0) is 11.2 Å². The molecule has 0 aliphatic carbocycles. The van der Waals surface area contributed by atoms with Crippen molar-refractivity contribution in [2.75, 3.05) is 26.2 Å². The minimum atomic E-state index is -0.137. The lowest BCUT2D eigenvalue weighted by atomic mass is 10.0. The van der Waals surface area contributed by atoms with Gasteiger partial charge < -0.3 is 18.6 Å². The molecule has 3 aromatic rings. The van der Waals surface area contributed by atoms with E-state index < -0.39 is 0 Å². The lowest BCUT2D eigenvalue weighted by Crippen LogP contribution is -2.36. The number of furan rings is 1. The topological polar surface area (TPSA) is 84.0 Å². The summed E-state index contributed by atoms with van der Waals surface area (Å²) >= 11 is 0. The molecule has 0 N–H and O–H groups in total. The van der Waals surface area contributed by atoms with Crippen molar-refractivity contribution in [3.8, 4) is 0 Å². The fourth-order valence-electron chi connectivity index (χ4n) is 3.68. The largest absolute Gasteiger partial charge is 0.456 e. The highest BCUT2D eigenvalue weighted by atomic mass is 16.3. The van der Waals surface area contributed by atoms with E-state index in [0.29, 0.717) is 44.1 Å². The second-order valence-corrected chi connectivity index (χ2v) is 7.27. The van der Waals surface area contributed by atoms with Crippen LogP contribution in [0.3, 0.4) is 0 Å². The smallest absolute Gasteiger partial charge is 0.289 e. The van der Waals surface area contributed by atoms with Crippen LogP contribution in [0.25, 0.3) is 5.65 Å². The molecule has 0 radical (unpaired) electrons. The highest BCUT2D eigenvalue weighted by molar-refractivity contribution is 5.91. The first-order chi connectivity index (χ1) is 13.5. The Balaban J connectivity index is 1.55. The van der Waals surface area contributed by atoms with Crippen LogP contribution in [0.1, 0.15) is 28.9 Å². The van der Waals surface area contributed by atoms with Gasteiger partial charge in [-0.2, -0.15) is 0 Å². The molecule has 0 bridgehead atoms. The van der Waals surface area contributed by atoms with Gasteiger partial charge in [-0.05, 0) is 31.4 Å². The molecular formula is C20H23N5O3. The zero-order chi connectivity index (χ0) is 19.7. The van der Waals surface area contributed by atoms with E-state index in [-0.39, 0.29) is 17.7 Å². The van der Waals surface area contributed by atoms with Crippen LogP contribution in [0, 0.1) is 12.8 Å². The Morgan fingerprint density at radius 2 is 1.96 bits per heavy atom. The van der Waals surface area contributed by atoms with Crippen LogP contribution in [0.2, 0.25) is 0 Å². The summed E-state index contributed by atoms with van der Waals surface area (Å²) in [5.74, 6) is 1.01. The van der Waals surface area contributed by atoms with Gasteiger partial charge in [0.15, 0.2) is 11.4 Å². The maximum atomic E-state index is 12.9. The van der Waals surface area contributed by atoms with Crippen molar-refractivity contribution >= 4 is 17.5 Å². The fraction of sp³-hybridized carbons (Fsp3) is 0.400. The summed E-state index contributed by atoms with van der Waals surface area (Å²) in [4.78, 5) is 37.2. The Bertz CT molecular complexity index is 1010. The van der Waals surface area contributed by atoms with Gasteiger partial charge in [0.05, 0.1) is 11.9 Å². The van der Waals surface area contributed by atoms with E-state index in [0.717, 1.165) is 11.3 Å². The van der Waals surface area contributed by atoms with Gasteiger partial charge in [-0.15, -0.1) is 0 Å². The number of nitrogens with zero attached hydrogens (tertiary/aromatic N) is 5. The summed E-state index contributed by atoms with van der Waals surface area (Å²) in [6.45, 7) is 5.54. The number of imidazole rings is 1. The number of hydrogen-bond donors (Lipinski definition) is 0. The van der Waals surface area contributed by atoms with Crippen LogP contribution in [0.15, 0.2) is 41.3 Å². The third-order valence-electron chi connectivity index (χ3n) is 5.11. The summed E-state index contributed by atoms with van der Waals surface area (Å²) in [6, 6.07) is 3.49. The average molecular weight is 381 g/mol. The molecule has 4 rings (SSSR count). The van der Waals surface area contributed by atoms with Crippen molar-refractivity contribution in [2.45, 2.75) is 20.3 Å². The Hall–Kier alpha value is -3.16. The number of carbonyl (C=O) groups is 2. The van der Waals surface area contributed by atoms with E-state index in [1.165, 1.54) is 0 Å². The monoisotopic (exact) mass is 381 g/mol. The van der Waals surface area contributed by atoms with E-state index in [9.17, 15) is 9.59 Å². The normalized spacial score (nSPS) is 17.7. The van der Waals surface area contributed by atoms with E-state index in [1.54, 1.807) is 41.2 Å². The summed E-state index contributed by atoms with van der Waals surface area (Å²) in [5, 5.41) is 0. The Kier molecular flexibility index (Phi) is 4.85. The highest BCUT2D eigenvalue weighted by Gasteiger charge is 2.29. The number of aromatic nitrogens is 3. The van der Waals surface area contributed by atoms with Gasteiger partial charge in [-0.3, -0.25) is 14.6 Å². The minimum absolute atomic E-state index is 0.0196. The van der Waals surface area contributed by atoms with Crippen LogP contribution < -0.4 is 0 Å². The van der Waals surface area contributed by atoms with Gasteiger partial charge in [0.1, 0.15) is 5.76 Å². The van der Waals surface area contributed by atoms with Crippen molar-refractivity contribution in [3.63, 3.8) is 0 Å². The number of fused-ring (bicyclic) bond motifs is 1. The lowest BCUT2D eigenvalue weighted by Gasteiger charge is -2.23. The van der Waals surface area contributed by atoms with Gasteiger partial charge >= 0.3 is 0 Å². The number of rotatable bonds is 3. The molecule has 8 heteroatoms. The molecule has 28 heavy (non-hydrogen) atoms. The molecule has 4 heterocycles. The zero-order valence-corrected chi connectivity index (χ0v) is 16.0. The molecule has 1 aliphatic rings. The van der Waals surface area contributed by atoms with Gasteiger partial charge in [0.25, 0.3) is 5.91 Å². The standard InChI is InChI=1S/C20H23N5O3/c1-14-3-4-18(28-14)20(27)25-8-7-23(15(2)26)11-16(12-25)9-17-13-24-6-5-21-19(24)10-22-17/h3-6,10,13,16H,7-9,11-12H2,1-2H3. The Morgan fingerprint density at radius 3 is 2.71 bits per heavy atom. The quantitative estimate of drug-likeness (QED) is 0.691. The van der Waals surface area contributed by atoms with Crippen molar-refractivity contribution in [2.24, 2.45) is 5.92 Å². The molecule has 2 amide bonds. The van der Waals surface area contributed by atoms with Gasteiger partial charge in [-0.25, -0.2) is 4.98 Å². The number of aryl methyl sites for hydroxylation is 1. The second kappa shape index (κ2) is 7.46. The summed E-state index contributed by atoms with van der Waals surface area (Å²) in [7, 11) is 0. The van der Waals surface area contributed by atoms with Crippen molar-refractivity contribution in [3.05, 3.63) is 54.1 Å². The van der Waals surface area contributed by atoms with Crippen LogP contribution in [-0.4, -0.2) is 62.2 Å². The fourth-order valence-corrected chi connectivity index (χ4v) is 3.68. The van der Waals surface area contributed by atoms with E-state index in [2.05, 4.69) is 9.97 Å². The Morgan fingerprint density at radius 1 is 1.18 bits per heavy atom. The summed E-state index contributed by atoms with van der Waals surface area (Å²) in [6.07, 6.45) is 7.97. The van der Waals surface area contributed by atoms with E-state index in [1.807, 2.05) is 23.7 Å². The second-order valence-electron chi connectivity index (χ2n) is 7.27. The number of amides is 2. The van der Waals surface area contributed by atoms with Crippen molar-refractivity contribution in [1.82, 2.24) is 24.2 Å². The van der Waals surface area contributed by atoms with Gasteiger partial charge in [0, 0.05) is 51.7 Å². The molecule has 0 aromatic carbocycles. The predicted molar refractivity (Wildman–Crippen MR) is 102 cm³/mol. The first kappa shape index (κ1) is 18.2. The van der Waals surface area contributed by atoms with E-state index in [4.69, 9.17) is 4.42 Å². The molecule has 0 saturated carbocycles. The van der Waals surface area contributed by atoms with Gasteiger partial charge in [-0.1, -0.05) is 0 Å². The molecule has 8 nitrogen and oxygen atoms in total. The summed E-state index contributed by atoms with van der Waals surface area (Å²) < 4.78 is 7.44. The molecule has 1 fully saturated rings. The molecule has 1 atom stereocenters. The molecule has 0 spiro atoms. The molecule has 1 saturated heterocycles. The number of hydrogen-bond acceptors (Lipinski definition) is 5. The lowest BCUT2D eigenvalue weighted by molar-refractivity contribution is -0.129. The maximum absolute atomic E-state index is 12.9. The first-order valence-electron chi connectivity index (χ1n) is 9.38. The molecular weight excluding hydrogens is 358 g/mol. The molecule has 1 aliphatic heterocycles. The number of carbonyl (C=O) groups excluding carboxylic acids is 2. The molecule has 146 valence electrons. The van der Waals surface area contributed by atoms with E-state index >= 15 is 0 Å². The molecule has 1 unspecified atom stereocenters. The maximum Gasteiger partial charge on any atom is 0.289 e.